The molecule has 1 aromatic carbocycles. The van der Waals surface area contributed by atoms with E-state index in [0.717, 1.165) is 25.9 Å². The van der Waals surface area contributed by atoms with E-state index in [1.54, 1.807) is 28.0 Å². The molecule has 0 unspecified atom stereocenters. The molecule has 146 valence electrons. The molecule has 2 saturated heterocycles. The van der Waals surface area contributed by atoms with Gasteiger partial charge in [0.1, 0.15) is 5.82 Å². The molecule has 2 fully saturated rings. The standard InChI is InChI=1S/C21H23FN4O2/c22-18-5-1-2-6-19(18)24-9-11-26(12-10-24)21(28)17-13-16(14-23-15-17)20(27)25-7-3-4-8-25/h1-2,5-6,13-15H,3-4,7-12H2. The molecule has 0 aliphatic carbocycles. The number of anilines is 1. The van der Waals surface area contributed by atoms with Gasteiger partial charge in [0.05, 0.1) is 16.8 Å². The zero-order valence-corrected chi connectivity index (χ0v) is 15.7. The van der Waals surface area contributed by atoms with Crippen LogP contribution >= 0.6 is 0 Å². The molecule has 0 atom stereocenters. The first-order valence-electron chi connectivity index (χ1n) is 9.66. The lowest BCUT2D eigenvalue weighted by Crippen LogP contribution is -2.49. The summed E-state index contributed by atoms with van der Waals surface area (Å²) < 4.78 is 14.0. The summed E-state index contributed by atoms with van der Waals surface area (Å²) in [7, 11) is 0. The number of pyridine rings is 1. The number of carbonyl (C=O) groups excluding carboxylic acids is 2. The Balaban J connectivity index is 1.42. The maximum atomic E-state index is 14.0. The van der Waals surface area contributed by atoms with Gasteiger partial charge in [0.15, 0.2) is 0 Å². The second kappa shape index (κ2) is 7.96. The van der Waals surface area contributed by atoms with Gasteiger partial charge in [0.25, 0.3) is 11.8 Å². The van der Waals surface area contributed by atoms with E-state index in [2.05, 4.69) is 4.98 Å². The van der Waals surface area contributed by atoms with Crippen molar-refractivity contribution < 1.29 is 14.0 Å². The number of nitrogens with zero attached hydrogens (tertiary/aromatic N) is 4. The van der Waals surface area contributed by atoms with E-state index >= 15 is 0 Å². The van der Waals surface area contributed by atoms with Gasteiger partial charge >= 0.3 is 0 Å². The molecule has 0 saturated carbocycles. The summed E-state index contributed by atoms with van der Waals surface area (Å²) in [4.78, 5) is 35.0. The highest BCUT2D eigenvalue weighted by Gasteiger charge is 2.25. The molecule has 0 radical (unpaired) electrons. The van der Waals surface area contributed by atoms with Crippen molar-refractivity contribution >= 4 is 17.5 Å². The molecule has 4 rings (SSSR count). The van der Waals surface area contributed by atoms with Crippen LogP contribution in [0.5, 0.6) is 0 Å². The van der Waals surface area contributed by atoms with Gasteiger partial charge in [-0.1, -0.05) is 12.1 Å². The normalized spacial score (nSPS) is 17.1. The van der Waals surface area contributed by atoms with Gasteiger partial charge in [-0.3, -0.25) is 14.6 Å². The zero-order valence-electron chi connectivity index (χ0n) is 15.7. The van der Waals surface area contributed by atoms with Gasteiger partial charge in [0, 0.05) is 51.7 Å². The van der Waals surface area contributed by atoms with Crippen LogP contribution in [-0.2, 0) is 0 Å². The largest absolute Gasteiger partial charge is 0.366 e. The van der Waals surface area contributed by atoms with Gasteiger partial charge in [-0.25, -0.2) is 4.39 Å². The second-order valence-electron chi connectivity index (χ2n) is 7.19. The smallest absolute Gasteiger partial charge is 0.255 e. The van der Waals surface area contributed by atoms with E-state index in [9.17, 15) is 14.0 Å². The number of rotatable bonds is 3. The Morgan fingerprint density at radius 2 is 1.39 bits per heavy atom. The predicted molar refractivity (Wildman–Crippen MR) is 104 cm³/mol. The minimum Gasteiger partial charge on any atom is -0.366 e. The third-order valence-corrected chi connectivity index (χ3v) is 5.39. The lowest BCUT2D eigenvalue weighted by atomic mass is 10.1. The van der Waals surface area contributed by atoms with E-state index < -0.39 is 0 Å². The number of carbonyl (C=O) groups is 2. The first-order chi connectivity index (χ1) is 13.6. The summed E-state index contributed by atoms with van der Waals surface area (Å²) in [5.74, 6) is -0.458. The Labute approximate surface area is 163 Å². The number of hydrogen-bond acceptors (Lipinski definition) is 4. The van der Waals surface area contributed by atoms with E-state index in [-0.39, 0.29) is 17.6 Å². The van der Waals surface area contributed by atoms with E-state index in [0.29, 0.717) is 43.0 Å². The first kappa shape index (κ1) is 18.4. The predicted octanol–water partition coefficient (Wildman–Crippen LogP) is 2.42. The van der Waals surface area contributed by atoms with Crippen molar-refractivity contribution in [1.82, 2.24) is 14.8 Å². The van der Waals surface area contributed by atoms with Crippen molar-refractivity contribution in [1.29, 1.82) is 0 Å². The van der Waals surface area contributed by atoms with Crippen LogP contribution in [-0.4, -0.2) is 65.9 Å². The fourth-order valence-corrected chi connectivity index (χ4v) is 3.82. The Morgan fingerprint density at radius 3 is 2.00 bits per heavy atom. The molecular formula is C21H23FN4O2. The van der Waals surface area contributed by atoms with Crippen molar-refractivity contribution in [2.45, 2.75) is 12.8 Å². The van der Waals surface area contributed by atoms with Crippen LogP contribution in [0.3, 0.4) is 0 Å². The monoisotopic (exact) mass is 382 g/mol. The maximum Gasteiger partial charge on any atom is 0.255 e. The Bertz CT molecular complexity index is 874. The molecule has 0 bridgehead atoms. The van der Waals surface area contributed by atoms with Crippen molar-refractivity contribution in [3.63, 3.8) is 0 Å². The average molecular weight is 382 g/mol. The molecular weight excluding hydrogens is 359 g/mol. The van der Waals surface area contributed by atoms with Crippen molar-refractivity contribution in [3.8, 4) is 0 Å². The summed E-state index contributed by atoms with van der Waals surface area (Å²) in [6, 6.07) is 8.32. The second-order valence-corrected chi connectivity index (χ2v) is 7.19. The highest BCUT2D eigenvalue weighted by molar-refractivity contribution is 5.99. The number of piperazine rings is 1. The number of amides is 2. The molecule has 1 aromatic heterocycles. The molecule has 2 aromatic rings. The van der Waals surface area contributed by atoms with Crippen molar-refractivity contribution in [2.75, 3.05) is 44.2 Å². The van der Waals surface area contributed by atoms with Gasteiger partial charge in [0.2, 0.25) is 0 Å². The summed E-state index contributed by atoms with van der Waals surface area (Å²) >= 11 is 0. The fraction of sp³-hybridized carbons (Fsp3) is 0.381. The molecule has 2 aliphatic rings. The lowest BCUT2D eigenvalue weighted by Gasteiger charge is -2.36. The van der Waals surface area contributed by atoms with Crippen LogP contribution in [0.15, 0.2) is 42.7 Å². The molecule has 2 amide bonds. The number of para-hydroxylation sites is 1. The maximum absolute atomic E-state index is 14.0. The van der Waals surface area contributed by atoms with Crippen LogP contribution in [0, 0.1) is 5.82 Å². The highest BCUT2D eigenvalue weighted by atomic mass is 19.1. The summed E-state index contributed by atoms with van der Waals surface area (Å²) in [6.45, 7) is 3.64. The van der Waals surface area contributed by atoms with Crippen LogP contribution in [0.1, 0.15) is 33.6 Å². The molecule has 7 heteroatoms. The van der Waals surface area contributed by atoms with Crippen molar-refractivity contribution in [3.05, 3.63) is 59.7 Å². The minimum absolute atomic E-state index is 0.0657. The minimum atomic E-state index is -0.250. The third kappa shape index (κ3) is 3.69. The molecule has 0 N–H and O–H groups in total. The van der Waals surface area contributed by atoms with E-state index in [4.69, 9.17) is 0 Å². The molecule has 28 heavy (non-hydrogen) atoms. The van der Waals surface area contributed by atoms with Crippen molar-refractivity contribution in [2.24, 2.45) is 0 Å². The van der Waals surface area contributed by atoms with Gasteiger partial charge in [-0.2, -0.15) is 0 Å². The quantitative estimate of drug-likeness (QED) is 0.818. The van der Waals surface area contributed by atoms with Crippen LogP contribution in [0.25, 0.3) is 0 Å². The highest BCUT2D eigenvalue weighted by Crippen LogP contribution is 2.21. The SMILES string of the molecule is O=C(c1cncc(C(=O)N2CCN(c3ccccc3F)CC2)c1)N1CCCC1. The number of likely N-dealkylation sites (tertiary alicyclic amines) is 1. The zero-order chi connectivity index (χ0) is 19.5. The number of halogens is 1. The summed E-state index contributed by atoms with van der Waals surface area (Å²) in [5.41, 5.74) is 1.44. The molecule has 0 spiro atoms. The Hall–Kier alpha value is -2.96. The summed E-state index contributed by atoms with van der Waals surface area (Å²) in [5, 5.41) is 0. The molecule has 2 aliphatic heterocycles. The van der Waals surface area contributed by atoms with Gasteiger partial charge in [-0.05, 0) is 31.0 Å². The number of aromatic nitrogens is 1. The van der Waals surface area contributed by atoms with Gasteiger partial charge in [-0.15, -0.1) is 0 Å². The number of hydrogen-bond donors (Lipinski definition) is 0. The topological polar surface area (TPSA) is 56.8 Å². The fourth-order valence-electron chi connectivity index (χ4n) is 3.82. The number of benzene rings is 1. The third-order valence-electron chi connectivity index (χ3n) is 5.39. The van der Waals surface area contributed by atoms with Crippen LogP contribution < -0.4 is 4.90 Å². The lowest BCUT2D eigenvalue weighted by molar-refractivity contribution is 0.0746. The van der Waals surface area contributed by atoms with Gasteiger partial charge < -0.3 is 14.7 Å². The van der Waals surface area contributed by atoms with Crippen LogP contribution in [0.4, 0.5) is 10.1 Å². The average Bonchev–Trinajstić information content (AvgIpc) is 3.28. The van der Waals surface area contributed by atoms with Crippen LogP contribution in [0.2, 0.25) is 0 Å². The Morgan fingerprint density at radius 1 is 0.821 bits per heavy atom. The first-order valence-corrected chi connectivity index (χ1v) is 9.66. The Kier molecular flexibility index (Phi) is 5.23. The molecule has 3 heterocycles. The van der Waals surface area contributed by atoms with E-state index in [1.807, 2.05) is 11.0 Å². The molecule has 6 nitrogen and oxygen atoms in total. The van der Waals surface area contributed by atoms with E-state index in [1.165, 1.54) is 18.5 Å². The summed E-state index contributed by atoms with van der Waals surface area (Å²) in [6.07, 6.45) is 5.06.